The average Bonchev–Trinajstić information content (AvgIpc) is 3.07. The Morgan fingerprint density at radius 3 is 2.56 bits per heavy atom. The first-order chi connectivity index (χ1) is 12.1. The number of aliphatic hydroxyl groups excluding tert-OH is 2. The van der Waals surface area contributed by atoms with Crippen LogP contribution in [0.25, 0.3) is 5.69 Å². The van der Waals surface area contributed by atoms with Gasteiger partial charge in [0.25, 0.3) is 0 Å². The van der Waals surface area contributed by atoms with Crippen LogP contribution in [-0.2, 0) is 18.0 Å². The van der Waals surface area contributed by atoms with E-state index < -0.39 is 6.09 Å². The predicted octanol–water partition coefficient (Wildman–Crippen LogP) is 0.258. The van der Waals surface area contributed by atoms with Crippen LogP contribution in [0.5, 0.6) is 0 Å². The molecule has 0 saturated carbocycles. The molecule has 0 bridgehead atoms. The van der Waals surface area contributed by atoms with Crippen LogP contribution < -0.4 is 10.6 Å². The number of hydrogen-bond donors (Lipinski definition) is 4. The molecular weight excluding hydrogens is 326 g/mol. The number of carbonyl (C=O) groups excluding carboxylic acids is 1. The second-order valence-corrected chi connectivity index (χ2v) is 5.40. The number of aliphatic hydroxyl groups is 2. The zero-order valence-electron chi connectivity index (χ0n) is 14.3. The molecule has 2 rings (SSSR count). The van der Waals surface area contributed by atoms with Gasteiger partial charge >= 0.3 is 6.09 Å². The van der Waals surface area contributed by atoms with Gasteiger partial charge in [-0.15, -0.1) is 5.10 Å². The van der Waals surface area contributed by atoms with Crippen LogP contribution in [0.3, 0.4) is 0 Å². The van der Waals surface area contributed by atoms with Crippen molar-refractivity contribution >= 4 is 6.09 Å². The molecule has 25 heavy (non-hydrogen) atoms. The van der Waals surface area contributed by atoms with Crippen molar-refractivity contribution in [3.8, 4) is 5.69 Å². The minimum absolute atomic E-state index is 0.0922. The summed E-state index contributed by atoms with van der Waals surface area (Å²) in [5.74, 6) is 0. The predicted molar refractivity (Wildman–Crippen MR) is 90.0 cm³/mol. The molecule has 1 unspecified atom stereocenters. The number of carbonyl (C=O) groups is 1. The number of rotatable bonds is 8. The van der Waals surface area contributed by atoms with Crippen molar-refractivity contribution in [2.45, 2.75) is 26.2 Å². The van der Waals surface area contributed by atoms with E-state index >= 15 is 0 Å². The highest BCUT2D eigenvalue weighted by molar-refractivity contribution is 5.66. The number of nitrogens with one attached hydrogen (secondary N) is 2. The van der Waals surface area contributed by atoms with Gasteiger partial charge in [0.15, 0.2) is 0 Å². The summed E-state index contributed by atoms with van der Waals surface area (Å²) >= 11 is 0. The molecule has 0 aliphatic heterocycles. The number of aromatic nitrogens is 3. The second-order valence-electron chi connectivity index (χ2n) is 5.40. The third-order valence-electron chi connectivity index (χ3n) is 3.81. The van der Waals surface area contributed by atoms with Gasteiger partial charge in [-0.3, -0.25) is 0 Å². The molecule has 1 amide bonds. The van der Waals surface area contributed by atoms with E-state index in [1.54, 1.807) is 0 Å². The molecule has 0 fully saturated rings. The average molecular weight is 349 g/mol. The van der Waals surface area contributed by atoms with Crippen molar-refractivity contribution in [3.05, 3.63) is 41.2 Å². The fourth-order valence-corrected chi connectivity index (χ4v) is 2.37. The van der Waals surface area contributed by atoms with E-state index in [-0.39, 0.29) is 19.3 Å². The third kappa shape index (κ3) is 4.75. The molecule has 9 nitrogen and oxygen atoms in total. The highest BCUT2D eigenvalue weighted by Gasteiger charge is 2.13. The van der Waals surface area contributed by atoms with Gasteiger partial charge in [-0.1, -0.05) is 17.3 Å². The highest BCUT2D eigenvalue weighted by atomic mass is 16.5. The van der Waals surface area contributed by atoms with Crippen LogP contribution in [0, 0.1) is 0 Å². The molecule has 0 aliphatic carbocycles. The SMILES string of the molecule is COC(=O)NCCNC(C)c1ccc(-n2nnc(CO)c2CO)cc1. The van der Waals surface area contributed by atoms with E-state index in [9.17, 15) is 15.0 Å². The van der Waals surface area contributed by atoms with E-state index in [1.807, 2.05) is 31.2 Å². The molecule has 1 aromatic heterocycles. The fourth-order valence-electron chi connectivity index (χ4n) is 2.37. The fraction of sp³-hybridized carbons (Fsp3) is 0.438. The van der Waals surface area contributed by atoms with Crippen molar-refractivity contribution in [2.24, 2.45) is 0 Å². The smallest absolute Gasteiger partial charge is 0.406 e. The zero-order chi connectivity index (χ0) is 18.2. The molecule has 136 valence electrons. The van der Waals surface area contributed by atoms with Gasteiger partial charge in [-0.05, 0) is 24.6 Å². The first-order valence-electron chi connectivity index (χ1n) is 7.91. The standard InChI is InChI=1S/C16H23N5O4/c1-11(17-7-8-18-16(24)25-2)12-3-5-13(6-4-12)21-15(10-23)14(9-22)19-20-21/h3-6,11,17,22-23H,7-10H2,1-2H3,(H,18,24). The summed E-state index contributed by atoms with van der Waals surface area (Å²) < 4.78 is 6.01. The normalized spacial score (nSPS) is 12.0. The van der Waals surface area contributed by atoms with Gasteiger partial charge in [0.2, 0.25) is 0 Å². The summed E-state index contributed by atoms with van der Waals surface area (Å²) in [4.78, 5) is 11.0. The summed E-state index contributed by atoms with van der Waals surface area (Å²) in [6, 6.07) is 7.73. The van der Waals surface area contributed by atoms with E-state index in [0.29, 0.717) is 24.5 Å². The van der Waals surface area contributed by atoms with Crippen LogP contribution in [0.15, 0.2) is 24.3 Å². The molecule has 2 aromatic rings. The van der Waals surface area contributed by atoms with E-state index in [2.05, 4.69) is 25.7 Å². The lowest BCUT2D eigenvalue weighted by Gasteiger charge is -2.15. The summed E-state index contributed by atoms with van der Waals surface area (Å²) in [6.07, 6.45) is -0.450. The lowest BCUT2D eigenvalue weighted by molar-refractivity contribution is 0.171. The number of ether oxygens (including phenoxy) is 1. The Labute approximate surface area is 145 Å². The molecule has 9 heteroatoms. The second kappa shape index (κ2) is 9.11. The molecule has 0 radical (unpaired) electrons. The van der Waals surface area contributed by atoms with E-state index in [0.717, 1.165) is 11.3 Å². The highest BCUT2D eigenvalue weighted by Crippen LogP contribution is 2.17. The molecule has 0 spiro atoms. The molecule has 1 atom stereocenters. The Hall–Kier alpha value is -2.49. The summed E-state index contributed by atoms with van der Waals surface area (Å²) in [5.41, 5.74) is 2.64. The number of amides is 1. The first-order valence-corrected chi connectivity index (χ1v) is 7.91. The van der Waals surface area contributed by atoms with Gasteiger partial charge in [-0.25, -0.2) is 9.48 Å². The van der Waals surface area contributed by atoms with Crippen molar-refractivity contribution < 1.29 is 19.7 Å². The van der Waals surface area contributed by atoms with Crippen LogP contribution >= 0.6 is 0 Å². The topological polar surface area (TPSA) is 122 Å². The number of hydrogen-bond acceptors (Lipinski definition) is 7. The molecular formula is C16H23N5O4. The summed E-state index contributed by atoms with van der Waals surface area (Å²) in [7, 11) is 1.33. The van der Waals surface area contributed by atoms with E-state index in [1.165, 1.54) is 11.8 Å². The van der Waals surface area contributed by atoms with Gasteiger partial charge in [-0.2, -0.15) is 0 Å². The molecule has 4 N–H and O–H groups in total. The minimum atomic E-state index is -0.450. The minimum Gasteiger partial charge on any atom is -0.453 e. The number of methoxy groups -OCH3 is 1. The third-order valence-corrected chi connectivity index (χ3v) is 3.81. The van der Waals surface area contributed by atoms with E-state index in [4.69, 9.17) is 0 Å². The molecule has 1 aromatic carbocycles. The van der Waals surface area contributed by atoms with Crippen molar-refractivity contribution in [1.29, 1.82) is 0 Å². The Morgan fingerprint density at radius 2 is 1.96 bits per heavy atom. The van der Waals surface area contributed by atoms with Crippen LogP contribution in [0.1, 0.15) is 29.9 Å². The lowest BCUT2D eigenvalue weighted by Crippen LogP contribution is -2.32. The summed E-state index contributed by atoms with van der Waals surface area (Å²) in [5, 5.41) is 32.4. The van der Waals surface area contributed by atoms with Crippen LogP contribution in [0.4, 0.5) is 4.79 Å². The lowest BCUT2D eigenvalue weighted by atomic mass is 10.1. The molecule has 0 saturated heterocycles. The van der Waals surface area contributed by atoms with Crippen LogP contribution in [-0.4, -0.2) is 51.5 Å². The Morgan fingerprint density at radius 1 is 1.24 bits per heavy atom. The zero-order valence-corrected chi connectivity index (χ0v) is 14.3. The van der Waals surface area contributed by atoms with Crippen molar-refractivity contribution in [3.63, 3.8) is 0 Å². The molecule has 1 heterocycles. The quantitative estimate of drug-likeness (QED) is 0.504. The summed E-state index contributed by atoms with van der Waals surface area (Å²) in [6.45, 7) is 2.57. The Bertz CT molecular complexity index is 686. The maximum atomic E-state index is 11.0. The van der Waals surface area contributed by atoms with Gasteiger partial charge < -0.3 is 25.6 Å². The van der Waals surface area contributed by atoms with Gasteiger partial charge in [0, 0.05) is 19.1 Å². The maximum Gasteiger partial charge on any atom is 0.406 e. The Balaban J connectivity index is 1.97. The van der Waals surface area contributed by atoms with Crippen molar-refractivity contribution in [1.82, 2.24) is 25.6 Å². The first kappa shape index (κ1) is 18.8. The Kier molecular flexibility index (Phi) is 6.87. The monoisotopic (exact) mass is 349 g/mol. The van der Waals surface area contributed by atoms with Gasteiger partial charge in [0.1, 0.15) is 5.69 Å². The molecule has 0 aliphatic rings. The number of nitrogens with zero attached hydrogens (tertiary/aromatic N) is 3. The largest absolute Gasteiger partial charge is 0.453 e. The van der Waals surface area contributed by atoms with Crippen LogP contribution in [0.2, 0.25) is 0 Å². The number of alkyl carbamates (subject to hydrolysis) is 1. The van der Waals surface area contributed by atoms with Gasteiger partial charge in [0.05, 0.1) is 31.7 Å². The van der Waals surface area contributed by atoms with Crippen molar-refractivity contribution in [2.75, 3.05) is 20.2 Å². The number of benzene rings is 1. The maximum absolute atomic E-state index is 11.0.